The van der Waals surface area contributed by atoms with Crippen molar-refractivity contribution in [3.05, 3.63) is 64.7 Å². The van der Waals surface area contributed by atoms with Crippen molar-refractivity contribution in [3.8, 4) is 0 Å². The van der Waals surface area contributed by atoms with Crippen LogP contribution >= 0.6 is 0 Å². The van der Waals surface area contributed by atoms with Crippen molar-refractivity contribution in [1.82, 2.24) is 10.2 Å². The van der Waals surface area contributed by atoms with Crippen molar-refractivity contribution in [2.24, 2.45) is 5.92 Å². The normalized spacial score (nSPS) is 15.4. The van der Waals surface area contributed by atoms with Gasteiger partial charge in [-0.05, 0) is 69.0 Å². The van der Waals surface area contributed by atoms with Gasteiger partial charge in [-0.25, -0.2) is 13.6 Å². The van der Waals surface area contributed by atoms with E-state index in [9.17, 15) is 13.6 Å². The maximum absolute atomic E-state index is 13.6. The molecule has 0 radical (unpaired) electrons. The lowest BCUT2D eigenvalue weighted by molar-refractivity contribution is 0.175. The van der Waals surface area contributed by atoms with Gasteiger partial charge >= 0.3 is 6.03 Å². The zero-order valence-corrected chi connectivity index (χ0v) is 16.4. The van der Waals surface area contributed by atoms with Crippen LogP contribution in [0.15, 0.2) is 36.4 Å². The van der Waals surface area contributed by atoms with Gasteiger partial charge in [0, 0.05) is 19.2 Å². The second-order valence-corrected chi connectivity index (χ2v) is 7.61. The number of hydrogen-bond donors (Lipinski definition) is 2. The number of aryl methyl sites for hydroxylation is 2. The van der Waals surface area contributed by atoms with Gasteiger partial charge in [0.15, 0.2) is 0 Å². The van der Waals surface area contributed by atoms with Crippen LogP contribution in [0, 0.1) is 31.4 Å². The molecule has 2 N–H and O–H groups in total. The molecule has 1 heterocycles. The molecule has 1 saturated heterocycles. The lowest BCUT2D eigenvalue weighted by Crippen LogP contribution is -2.39. The summed E-state index contributed by atoms with van der Waals surface area (Å²) in [7, 11) is 0. The molecule has 28 heavy (non-hydrogen) atoms. The molecule has 2 amide bonds. The van der Waals surface area contributed by atoms with Crippen LogP contribution in [0.5, 0.6) is 0 Å². The number of carbonyl (C=O) groups excluding carboxylic acids is 1. The zero-order chi connectivity index (χ0) is 20.1. The van der Waals surface area contributed by atoms with Gasteiger partial charge in [-0.1, -0.05) is 23.8 Å². The van der Waals surface area contributed by atoms with Crippen LogP contribution < -0.4 is 10.6 Å². The van der Waals surface area contributed by atoms with E-state index in [1.165, 1.54) is 22.8 Å². The smallest absolute Gasteiger partial charge is 0.319 e. The summed E-state index contributed by atoms with van der Waals surface area (Å²) < 4.78 is 26.5. The van der Waals surface area contributed by atoms with E-state index in [0.717, 1.165) is 44.6 Å². The molecular weight excluding hydrogens is 360 g/mol. The van der Waals surface area contributed by atoms with Crippen LogP contribution in [0.25, 0.3) is 0 Å². The number of likely N-dealkylation sites (tertiary alicyclic amines) is 1. The average Bonchev–Trinajstić information content (AvgIpc) is 2.66. The van der Waals surface area contributed by atoms with E-state index in [-0.39, 0.29) is 5.69 Å². The molecule has 3 rings (SSSR count). The maximum Gasteiger partial charge on any atom is 0.319 e. The largest absolute Gasteiger partial charge is 0.338 e. The molecule has 6 heteroatoms. The predicted molar refractivity (Wildman–Crippen MR) is 107 cm³/mol. The first-order valence-electron chi connectivity index (χ1n) is 9.69. The molecule has 0 bridgehead atoms. The Morgan fingerprint density at radius 3 is 2.57 bits per heavy atom. The van der Waals surface area contributed by atoms with Crippen molar-refractivity contribution in [1.29, 1.82) is 0 Å². The molecule has 0 aromatic heterocycles. The quantitative estimate of drug-likeness (QED) is 0.787. The predicted octanol–water partition coefficient (Wildman–Crippen LogP) is 4.62. The van der Waals surface area contributed by atoms with Crippen LogP contribution in [0.2, 0.25) is 0 Å². The summed E-state index contributed by atoms with van der Waals surface area (Å²) in [5.74, 6) is -1.05. The van der Waals surface area contributed by atoms with Crippen LogP contribution in [0.4, 0.5) is 19.3 Å². The molecule has 150 valence electrons. The van der Waals surface area contributed by atoms with Crippen LogP contribution in [-0.2, 0) is 6.54 Å². The maximum atomic E-state index is 13.6. The van der Waals surface area contributed by atoms with Crippen LogP contribution in [0.1, 0.15) is 29.5 Å². The monoisotopic (exact) mass is 387 g/mol. The molecule has 0 atom stereocenters. The Labute approximate surface area is 164 Å². The highest BCUT2D eigenvalue weighted by Crippen LogP contribution is 2.21. The van der Waals surface area contributed by atoms with Crippen molar-refractivity contribution < 1.29 is 13.6 Å². The van der Waals surface area contributed by atoms with Crippen LogP contribution in [0.3, 0.4) is 0 Å². The van der Waals surface area contributed by atoms with Gasteiger partial charge in [0.05, 0.1) is 5.69 Å². The summed E-state index contributed by atoms with van der Waals surface area (Å²) in [6, 6.07) is 9.18. The number of carbonyl (C=O) groups is 1. The Balaban J connectivity index is 1.41. The Kier molecular flexibility index (Phi) is 6.62. The fourth-order valence-electron chi connectivity index (χ4n) is 3.55. The number of anilines is 1. The second kappa shape index (κ2) is 9.15. The summed E-state index contributed by atoms with van der Waals surface area (Å²) in [6.07, 6.45) is 2.02. The summed E-state index contributed by atoms with van der Waals surface area (Å²) in [5, 5.41) is 5.22. The highest BCUT2D eigenvalue weighted by atomic mass is 19.1. The Bertz CT molecular complexity index is 833. The van der Waals surface area contributed by atoms with E-state index < -0.39 is 17.7 Å². The third-order valence-electron chi connectivity index (χ3n) is 5.34. The third-order valence-corrected chi connectivity index (χ3v) is 5.34. The number of rotatable bonds is 5. The first-order valence-corrected chi connectivity index (χ1v) is 9.69. The Morgan fingerprint density at radius 1 is 1.11 bits per heavy atom. The SMILES string of the molecule is Cc1ccc(C)c(CN2CCC(CNC(=O)Nc3ccc(F)cc3F)CC2)c1. The molecule has 0 unspecified atom stereocenters. The molecule has 1 aliphatic rings. The molecular formula is C22H27F2N3O. The lowest BCUT2D eigenvalue weighted by atomic mass is 9.96. The van der Waals surface area contributed by atoms with Crippen molar-refractivity contribution in [2.45, 2.75) is 33.2 Å². The highest BCUT2D eigenvalue weighted by molar-refractivity contribution is 5.89. The molecule has 2 aromatic rings. The van der Waals surface area contributed by atoms with Gasteiger partial charge in [0.25, 0.3) is 0 Å². The number of halogens is 2. The summed E-state index contributed by atoms with van der Waals surface area (Å²) in [4.78, 5) is 14.4. The fourth-order valence-corrected chi connectivity index (χ4v) is 3.55. The highest BCUT2D eigenvalue weighted by Gasteiger charge is 2.20. The molecule has 0 saturated carbocycles. The number of amides is 2. The third kappa shape index (κ3) is 5.52. The van der Waals surface area contributed by atoms with Crippen molar-refractivity contribution in [2.75, 3.05) is 25.0 Å². The minimum Gasteiger partial charge on any atom is -0.338 e. The number of benzene rings is 2. The zero-order valence-electron chi connectivity index (χ0n) is 16.4. The molecule has 0 spiro atoms. The fraction of sp³-hybridized carbons (Fsp3) is 0.409. The van der Waals surface area contributed by atoms with E-state index in [2.05, 4.69) is 47.6 Å². The standard InChI is InChI=1S/C22H27F2N3O/c1-15-3-4-16(2)18(11-15)14-27-9-7-17(8-10-27)13-25-22(28)26-21-6-5-19(23)12-20(21)24/h3-6,11-12,17H,7-10,13-14H2,1-2H3,(H2,25,26,28). The summed E-state index contributed by atoms with van der Waals surface area (Å²) in [5.41, 5.74) is 3.95. The van der Waals surface area contributed by atoms with Gasteiger partial charge in [0.2, 0.25) is 0 Å². The minimum atomic E-state index is -0.782. The number of piperidine rings is 1. The molecule has 1 fully saturated rings. The van der Waals surface area contributed by atoms with Crippen molar-refractivity contribution >= 4 is 11.7 Å². The first-order chi connectivity index (χ1) is 13.4. The number of urea groups is 1. The molecule has 2 aromatic carbocycles. The van der Waals surface area contributed by atoms with Gasteiger partial charge in [0.1, 0.15) is 11.6 Å². The van der Waals surface area contributed by atoms with Gasteiger partial charge in [-0.15, -0.1) is 0 Å². The molecule has 0 aliphatic carbocycles. The number of nitrogens with one attached hydrogen (secondary N) is 2. The average molecular weight is 387 g/mol. The first kappa shape index (κ1) is 20.3. The summed E-state index contributed by atoms with van der Waals surface area (Å²) in [6.45, 7) is 7.75. The van der Waals surface area contributed by atoms with E-state index >= 15 is 0 Å². The van der Waals surface area contributed by atoms with Crippen molar-refractivity contribution in [3.63, 3.8) is 0 Å². The van der Waals surface area contributed by atoms with Crippen LogP contribution in [-0.4, -0.2) is 30.6 Å². The topological polar surface area (TPSA) is 44.4 Å². The Hall–Kier alpha value is -2.47. The molecule has 1 aliphatic heterocycles. The van der Waals surface area contributed by atoms with E-state index in [1.54, 1.807) is 0 Å². The summed E-state index contributed by atoms with van der Waals surface area (Å²) >= 11 is 0. The molecule has 4 nitrogen and oxygen atoms in total. The number of nitrogens with zero attached hydrogens (tertiary/aromatic N) is 1. The minimum absolute atomic E-state index is 0.0257. The number of hydrogen-bond acceptors (Lipinski definition) is 2. The van der Waals surface area contributed by atoms with E-state index in [4.69, 9.17) is 0 Å². The van der Waals surface area contributed by atoms with Gasteiger partial charge in [-0.3, -0.25) is 4.90 Å². The second-order valence-electron chi connectivity index (χ2n) is 7.61. The lowest BCUT2D eigenvalue weighted by Gasteiger charge is -2.32. The van der Waals surface area contributed by atoms with Gasteiger partial charge < -0.3 is 10.6 Å². The van der Waals surface area contributed by atoms with Gasteiger partial charge in [-0.2, -0.15) is 0 Å². The van der Waals surface area contributed by atoms with E-state index in [1.807, 2.05) is 0 Å². The Morgan fingerprint density at radius 2 is 1.86 bits per heavy atom. The van der Waals surface area contributed by atoms with E-state index in [0.29, 0.717) is 12.5 Å².